The number of hydrogen-bond acceptors (Lipinski definition) is 6. The second kappa shape index (κ2) is 12.4. The van der Waals surface area contributed by atoms with Crippen LogP contribution in [-0.4, -0.2) is 71.1 Å². The normalized spacial score (nSPS) is 19.8. The van der Waals surface area contributed by atoms with Gasteiger partial charge in [0.15, 0.2) is 0 Å². The van der Waals surface area contributed by atoms with E-state index >= 15 is 0 Å². The summed E-state index contributed by atoms with van der Waals surface area (Å²) in [6.07, 6.45) is 3.15. The molecule has 2 atom stereocenters. The molecule has 0 aromatic heterocycles. The zero-order chi connectivity index (χ0) is 24.5. The van der Waals surface area contributed by atoms with Crippen molar-refractivity contribution in [2.24, 2.45) is 11.8 Å². The smallest absolute Gasteiger partial charge is 0.307 e. The molecule has 0 spiro atoms. The highest BCUT2D eigenvalue weighted by atomic mass is 16.4. The Hall–Kier alpha value is -3.14. The summed E-state index contributed by atoms with van der Waals surface area (Å²) in [7, 11) is 0. The van der Waals surface area contributed by atoms with E-state index in [1.54, 1.807) is 4.90 Å². The van der Waals surface area contributed by atoms with Gasteiger partial charge < -0.3 is 31.1 Å². The molecule has 0 radical (unpaired) electrons. The number of aliphatic carboxylic acids is 1. The molecule has 10 heteroatoms. The molecule has 34 heavy (non-hydrogen) atoms. The van der Waals surface area contributed by atoms with Crippen molar-refractivity contribution in [3.8, 4) is 5.75 Å². The van der Waals surface area contributed by atoms with Crippen LogP contribution in [0.3, 0.4) is 0 Å². The summed E-state index contributed by atoms with van der Waals surface area (Å²) in [5, 5.41) is 27.2. The first-order valence-electron chi connectivity index (χ1n) is 11.9. The number of carboxylic acids is 1. The lowest BCUT2D eigenvalue weighted by Gasteiger charge is -2.33. The van der Waals surface area contributed by atoms with Crippen LogP contribution in [0.1, 0.15) is 55.3 Å². The minimum absolute atomic E-state index is 0.0512. The number of aromatic hydroxyl groups is 1. The Morgan fingerprint density at radius 3 is 2.59 bits per heavy atom. The molecule has 3 amide bonds. The summed E-state index contributed by atoms with van der Waals surface area (Å²) in [4.78, 5) is 51.1. The summed E-state index contributed by atoms with van der Waals surface area (Å²) in [5.74, 6) is -2.14. The van der Waals surface area contributed by atoms with E-state index in [4.69, 9.17) is 0 Å². The van der Waals surface area contributed by atoms with Crippen molar-refractivity contribution in [2.45, 2.75) is 51.1 Å². The number of phenols is 1. The molecule has 0 saturated carbocycles. The lowest BCUT2D eigenvalue weighted by Crippen LogP contribution is -2.53. The molecule has 2 aliphatic rings. The minimum Gasteiger partial charge on any atom is -0.508 e. The van der Waals surface area contributed by atoms with Gasteiger partial charge in [-0.15, -0.1) is 0 Å². The van der Waals surface area contributed by atoms with Crippen molar-refractivity contribution in [1.82, 2.24) is 20.9 Å². The van der Waals surface area contributed by atoms with E-state index in [0.717, 1.165) is 32.4 Å². The number of rotatable bonds is 9. The van der Waals surface area contributed by atoms with Crippen LogP contribution in [0.15, 0.2) is 24.3 Å². The molecule has 0 unspecified atom stereocenters. The van der Waals surface area contributed by atoms with Crippen molar-refractivity contribution in [3.63, 3.8) is 0 Å². The van der Waals surface area contributed by atoms with Gasteiger partial charge in [0.1, 0.15) is 11.9 Å². The molecule has 2 saturated heterocycles. The zero-order valence-electron chi connectivity index (χ0n) is 19.3. The second-order valence-corrected chi connectivity index (χ2v) is 9.09. The molecule has 5 N–H and O–H groups in total. The average Bonchev–Trinajstić information content (AvgIpc) is 2.82. The Morgan fingerprint density at radius 1 is 1.12 bits per heavy atom. The van der Waals surface area contributed by atoms with Gasteiger partial charge in [-0.25, -0.2) is 0 Å². The maximum Gasteiger partial charge on any atom is 0.307 e. The highest BCUT2D eigenvalue weighted by molar-refractivity contribution is 5.95. The van der Waals surface area contributed by atoms with Gasteiger partial charge in [-0.2, -0.15) is 0 Å². The first kappa shape index (κ1) is 25.5. The quantitative estimate of drug-likeness (QED) is 0.336. The number of carbonyl (C=O) groups is 4. The third kappa shape index (κ3) is 7.72. The van der Waals surface area contributed by atoms with Gasteiger partial charge in [0.2, 0.25) is 11.8 Å². The first-order chi connectivity index (χ1) is 16.3. The summed E-state index contributed by atoms with van der Waals surface area (Å²) in [5.41, 5.74) is 0.146. The molecular weight excluding hydrogens is 440 g/mol. The molecule has 2 heterocycles. The molecule has 0 bridgehead atoms. The number of phenolic OH excluding ortho intramolecular Hbond substituents is 1. The third-order valence-corrected chi connectivity index (χ3v) is 6.48. The minimum atomic E-state index is -1.18. The molecule has 186 valence electrons. The third-order valence-electron chi connectivity index (χ3n) is 6.48. The Morgan fingerprint density at radius 2 is 1.88 bits per heavy atom. The van der Waals surface area contributed by atoms with Gasteiger partial charge in [0.05, 0.1) is 12.3 Å². The number of piperidine rings is 2. The van der Waals surface area contributed by atoms with Gasteiger partial charge in [0, 0.05) is 25.1 Å². The van der Waals surface area contributed by atoms with Crippen molar-refractivity contribution in [1.29, 1.82) is 0 Å². The molecule has 10 nitrogen and oxygen atoms in total. The van der Waals surface area contributed by atoms with Gasteiger partial charge in [0.25, 0.3) is 5.91 Å². The van der Waals surface area contributed by atoms with Crippen LogP contribution in [-0.2, 0) is 14.4 Å². The number of amides is 3. The van der Waals surface area contributed by atoms with E-state index in [1.807, 2.05) is 0 Å². The van der Waals surface area contributed by atoms with Gasteiger partial charge in [-0.3, -0.25) is 19.2 Å². The Labute approximate surface area is 199 Å². The highest BCUT2D eigenvalue weighted by Gasteiger charge is 2.30. The summed E-state index contributed by atoms with van der Waals surface area (Å²) < 4.78 is 0. The Kier molecular flexibility index (Phi) is 9.26. The lowest BCUT2D eigenvalue weighted by atomic mass is 9.92. The monoisotopic (exact) mass is 474 g/mol. The number of nitrogens with one attached hydrogen (secondary N) is 3. The highest BCUT2D eigenvalue weighted by Crippen LogP contribution is 2.22. The van der Waals surface area contributed by atoms with E-state index in [2.05, 4.69) is 16.0 Å². The molecule has 0 aliphatic carbocycles. The molecule has 3 rings (SSSR count). The molecule has 1 aromatic rings. The van der Waals surface area contributed by atoms with Crippen molar-refractivity contribution in [2.75, 3.05) is 26.2 Å². The summed E-state index contributed by atoms with van der Waals surface area (Å²) in [6.45, 7) is 2.88. The zero-order valence-corrected chi connectivity index (χ0v) is 19.3. The van der Waals surface area contributed by atoms with E-state index < -0.39 is 36.3 Å². The first-order valence-corrected chi connectivity index (χ1v) is 11.9. The standard InChI is InChI=1S/C24H34N4O6/c29-19-5-1-3-17(13-19)23(33)26-20(14-22(31)32)27-24(34)18-4-2-12-28(15-18)21(30)7-6-16-8-10-25-11-9-16/h1,3,5,13,16,18,20,25,29H,2,4,6-12,14-15H2,(H,26,33)(H,27,34)(H,31,32)/t18-,20-/m1/s1. The van der Waals surface area contributed by atoms with Crippen LogP contribution >= 0.6 is 0 Å². The summed E-state index contributed by atoms with van der Waals surface area (Å²) in [6, 6.07) is 5.64. The van der Waals surface area contributed by atoms with Crippen LogP contribution < -0.4 is 16.0 Å². The summed E-state index contributed by atoms with van der Waals surface area (Å²) >= 11 is 0. The molecule has 2 aliphatic heterocycles. The number of likely N-dealkylation sites (tertiary alicyclic amines) is 1. The fraction of sp³-hybridized carbons (Fsp3) is 0.583. The van der Waals surface area contributed by atoms with Crippen LogP contribution in [0.5, 0.6) is 5.75 Å². The number of carbonyl (C=O) groups excluding carboxylic acids is 3. The van der Waals surface area contributed by atoms with Gasteiger partial charge in [-0.1, -0.05) is 6.07 Å². The number of benzene rings is 1. The molecule has 1 aromatic carbocycles. The Bertz CT molecular complexity index is 886. The second-order valence-electron chi connectivity index (χ2n) is 9.09. The molecule has 2 fully saturated rings. The topological polar surface area (TPSA) is 148 Å². The lowest BCUT2D eigenvalue weighted by molar-refractivity contribution is -0.138. The van der Waals surface area contributed by atoms with Crippen LogP contribution in [0, 0.1) is 11.8 Å². The van der Waals surface area contributed by atoms with Crippen LogP contribution in [0.4, 0.5) is 0 Å². The predicted octanol–water partition coefficient (Wildman–Crippen LogP) is 1.06. The SMILES string of the molecule is O=C(O)C[C@H](NC(=O)c1cccc(O)c1)NC(=O)[C@@H]1CCCN(C(=O)CCC2CCNCC2)C1. The fourth-order valence-corrected chi connectivity index (χ4v) is 4.56. The van der Waals surface area contributed by atoms with Crippen LogP contribution in [0.2, 0.25) is 0 Å². The molecular formula is C24H34N4O6. The van der Waals surface area contributed by atoms with E-state index in [1.165, 1.54) is 24.3 Å². The van der Waals surface area contributed by atoms with E-state index in [9.17, 15) is 29.4 Å². The maximum absolute atomic E-state index is 12.9. The largest absolute Gasteiger partial charge is 0.508 e. The number of nitrogens with zero attached hydrogens (tertiary/aromatic N) is 1. The van der Waals surface area contributed by atoms with E-state index in [-0.39, 0.29) is 23.8 Å². The maximum atomic E-state index is 12.9. The van der Waals surface area contributed by atoms with Crippen molar-refractivity contribution in [3.05, 3.63) is 29.8 Å². The van der Waals surface area contributed by atoms with Gasteiger partial charge >= 0.3 is 5.97 Å². The number of hydrogen-bond donors (Lipinski definition) is 5. The van der Waals surface area contributed by atoms with E-state index in [0.29, 0.717) is 31.7 Å². The van der Waals surface area contributed by atoms with Crippen molar-refractivity contribution < 1.29 is 29.4 Å². The Balaban J connectivity index is 1.53. The predicted molar refractivity (Wildman–Crippen MR) is 124 cm³/mol. The van der Waals surface area contributed by atoms with Crippen LogP contribution in [0.25, 0.3) is 0 Å². The average molecular weight is 475 g/mol. The van der Waals surface area contributed by atoms with Gasteiger partial charge in [-0.05, 0) is 69.3 Å². The van der Waals surface area contributed by atoms with Crippen molar-refractivity contribution >= 4 is 23.7 Å². The number of carboxylic acid groups (broad SMARTS) is 1. The fourth-order valence-electron chi connectivity index (χ4n) is 4.56.